The third-order valence-electron chi connectivity index (χ3n) is 3.91. The highest BCUT2D eigenvalue weighted by Gasteiger charge is 2.25. The molecule has 7 heteroatoms. The van der Waals surface area contributed by atoms with Crippen LogP contribution in [0.1, 0.15) is 13.3 Å². The summed E-state index contributed by atoms with van der Waals surface area (Å²) in [6.07, 6.45) is 4.04. The Morgan fingerprint density at radius 2 is 2.27 bits per heavy atom. The number of nitrogens with zero attached hydrogens (tertiary/aromatic N) is 5. The molecule has 0 saturated carbocycles. The van der Waals surface area contributed by atoms with Gasteiger partial charge in [-0.15, -0.1) is 0 Å². The normalized spacial score (nSPS) is 18.5. The van der Waals surface area contributed by atoms with Gasteiger partial charge in [0.05, 0.1) is 30.6 Å². The smallest absolute Gasteiger partial charge is 0.255 e. The number of morpholine rings is 1. The zero-order valence-corrected chi connectivity index (χ0v) is 12.8. The maximum atomic E-state index is 12.3. The molecule has 1 saturated heterocycles. The number of rotatable bonds is 3. The van der Waals surface area contributed by atoms with Gasteiger partial charge < -0.3 is 9.64 Å². The molecule has 0 unspecified atom stereocenters. The Labute approximate surface area is 128 Å². The minimum atomic E-state index is -0.0973. The Bertz CT molecular complexity index is 701. The molecule has 1 atom stereocenters. The summed E-state index contributed by atoms with van der Waals surface area (Å²) in [5, 5.41) is 0. The highest BCUT2D eigenvalue weighted by molar-refractivity contribution is 5.55. The van der Waals surface area contributed by atoms with Gasteiger partial charge >= 0.3 is 0 Å². The van der Waals surface area contributed by atoms with E-state index in [2.05, 4.69) is 26.8 Å². The molecule has 1 aliphatic rings. The van der Waals surface area contributed by atoms with Gasteiger partial charge in [-0.3, -0.25) is 9.36 Å². The van der Waals surface area contributed by atoms with Crippen molar-refractivity contribution < 1.29 is 4.74 Å². The van der Waals surface area contributed by atoms with Crippen molar-refractivity contribution in [2.45, 2.75) is 19.4 Å². The third-order valence-corrected chi connectivity index (χ3v) is 3.91. The quantitative estimate of drug-likeness (QED) is 0.837. The first kappa shape index (κ1) is 14.6. The number of anilines is 1. The van der Waals surface area contributed by atoms with E-state index in [1.807, 2.05) is 0 Å². The lowest BCUT2D eigenvalue weighted by Crippen LogP contribution is -2.47. The Morgan fingerprint density at radius 1 is 1.41 bits per heavy atom. The van der Waals surface area contributed by atoms with Crippen LogP contribution < -0.4 is 10.5 Å². The van der Waals surface area contributed by atoms with E-state index < -0.39 is 0 Å². The number of aromatic nitrogens is 4. The summed E-state index contributed by atoms with van der Waals surface area (Å²) in [5.74, 6) is 0.663. The summed E-state index contributed by atoms with van der Waals surface area (Å²) >= 11 is 0. The standard InChI is InChI=1S/C15H19N5O2/c1-3-11-9-22-7-6-20(11)15-18-13(8-14(21)19(15)2)12-4-5-16-10-17-12/h4-5,8,10-11H,3,6-7,9H2,1-2H3/t11-/m1/s1. The van der Waals surface area contributed by atoms with Crippen molar-refractivity contribution in [3.8, 4) is 11.4 Å². The largest absolute Gasteiger partial charge is 0.377 e. The molecule has 3 rings (SSSR count). The molecule has 0 bridgehead atoms. The molecule has 0 aromatic carbocycles. The van der Waals surface area contributed by atoms with Gasteiger partial charge in [-0.1, -0.05) is 6.92 Å². The van der Waals surface area contributed by atoms with Crippen LogP contribution in [-0.4, -0.2) is 45.3 Å². The van der Waals surface area contributed by atoms with Gasteiger partial charge in [-0.05, 0) is 12.5 Å². The van der Waals surface area contributed by atoms with Gasteiger partial charge in [0.2, 0.25) is 5.95 Å². The molecule has 116 valence electrons. The Hall–Kier alpha value is -2.28. The van der Waals surface area contributed by atoms with Gasteiger partial charge in [0.15, 0.2) is 0 Å². The zero-order valence-electron chi connectivity index (χ0n) is 12.8. The van der Waals surface area contributed by atoms with E-state index in [1.165, 1.54) is 12.4 Å². The molecule has 0 radical (unpaired) electrons. The molecular weight excluding hydrogens is 282 g/mol. The van der Waals surface area contributed by atoms with Crippen LogP contribution in [-0.2, 0) is 11.8 Å². The molecule has 3 heterocycles. The lowest BCUT2D eigenvalue weighted by atomic mass is 10.2. The van der Waals surface area contributed by atoms with Crippen molar-refractivity contribution in [2.24, 2.45) is 7.05 Å². The molecule has 1 fully saturated rings. The molecule has 0 amide bonds. The van der Waals surface area contributed by atoms with Gasteiger partial charge in [0.25, 0.3) is 5.56 Å². The molecule has 0 spiro atoms. The van der Waals surface area contributed by atoms with E-state index in [0.717, 1.165) is 13.0 Å². The van der Waals surface area contributed by atoms with Gasteiger partial charge in [-0.25, -0.2) is 15.0 Å². The number of ether oxygens (including phenoxy) is 1. The summed E-state index contributed by atoms with van der Waals surface area (Å²) in [6.45, 7) is 4.14. The highest BCUT2D eigenvalue weighted by Crippen LogP contribution is 2.20. The highest BCUT2D eigenvalue weighted by atomic mass is 16.5. The van der Waals surface area contributed by atoms with Crippen LogP contribution in [0.5, 0.6) is 0 Å². The Balaban J connectivity index is 2.07. The second-order valence-electron chi connectivity index (χ2n) is 5.26. The average molecular weight is 301 g/mol. The summed E-state index contributed by atoms with van der Waals surface area (Å²) in [7, 11) is 1.75. The van der Waals surface area contributed by atoms with Crippen molar-refractivity contribution >= 4 is 5.95 Å². The van der Waals surface area contributed by atoms with Gasteiger partial charge in [0.1, 0.15) is 6.33 Å². The lowest BCUT2D eigenvalue weighted by Gasteiger charge is -2.36. The van der Waals surface area contributed by atoms with Crippen LogP contribution in [0.3, 0.4) is 0 Å². The fourth-order valence-corrected chi connectivity index (χ4v) is 2.61. The SMILES string of the molecule is CC[C@@H]1COCCN1c1nc(-c2ccncn2)cc(=O)n1C. The molecule has 1 aliphatic heterocycles. The fraction of sp³-hybridized carbons (Fsp3) is 0.467. The molecule has 0 aliphatic carbocycles. The maximum Gasteiger partial charge on any atom is 0.255 e. The van der Waals surface area contributed by atoms with Gasteiger partial charge in [0, 0.05) is 25.9 Å². The van der Waals surface area contributed by atoms with Crippen LogP contribution in [0.15, 0.2) is 29.5 Å². The summed E-state index contributed by atoms with van der Waals surface area (Å²) in [4.78, 5) is 27.2. The Kier molecular flexibility index (Phi) is 4.15. The van der Waals surface area contributed by atoms with Crippen molar-refractivity contribution in [3.63, 3.8) is 0 Å². The maximum absolute atomic E-state index is 12.3. The van der Waals surface area contributed by atoms with Crippen LogP contribution >= 0.6 is 0 Å². The molecule has 7 nitrogen and oxygen atoms in total. The molecule has 2 aromatic heterocycles. The summed E-state index contributed by atoms with van der Waals surface area (Å²) in [6, 6.07) is 3.49. The third kappa shape index (κ3) is 2.71. The van der Waals surface area contributed by atoms with Crippen LogP contribution in [0, 0.1) is 0 Å². The summed E-state index contributed by atoms with van der Waals surface area (Å²) in [5.41, 5.74) is 1.12. The minimum Gasteiger partial charge on any atom is -0.377 e. The predicted octanol–water partition coefficient (Wildman–Crippen LogP) is 0.852. The van der Waals surface area contributed by atoms with Crippen molar-refractivity contribution in [1.29, 1.82) is 0 Å². The predicted molar refractivity (Wildman–Crippen MR) is 82.7 cm³/mol. The summed E-state index contributed by atoms with van der Waals surface area (Å²) < 4.78 is 7.11. The van der Waals surface area contributed by atoms with Crippen molar-refractivity contribution in [3.05, 3.63) is 35.0 Å². The number of hydrogen-bond donors (Lipinski definition) is 0. The van der Waals surface area contributed by atoms with E-state index in [9.17, 15) is 4.79 Å². The van der Waals surface area contributed by atoms with Crippen LogP contribution in [0.25, 0.3) is 11.4 Å². The first-order valence-corrected chi connectivity index (χ1v) is 7.39. The molecule has 2 aromatic rings. The zero-order chi connectivity index (χ0) is 15.5. The molecule has 0 N–H and O–H groups in total. The minimum absolute atomic E-state index is 0.0973. The monoisotopic (exact) mass is 301 g/mol. The first-order chi connectivity index (χ1) is 10.7. The van der Waals surface area contributed by atoms with E-state index >= 15 is 0 Å². The second kappa shape index (κ2) is 6.23. The van der Waals surface area contributed by atoms with Gasteiger partial charge in [-0.2, -0.15) is 0 Å². The lowest BCUT2D eigenvalue weighted by molar-refractivity contribution is 0.0917. The number of hydrogen-bond acceptors (Lipinski definition) is 6. The van der Waals surface area contributed by atoms with Crippen molar-refractivity contribution in [1.82, 2.24) is 19.5 Å². The van der Waals surface area contributed by atoms with E-state index in [1.54, 1.807) is 23.9 Å². The Morgan fingerprint density at radius 3 is 3.00 bits per heavy atom. The first-order valence-electron chi connectivity index (χ1n) is 7.39. The molecular formula is C15H19N5O2. The van der Waals surface area contributed by atoms with E-state index in [4.69, 9.17) is 4.74 Å². The fourth-order valence-electron chi connectivity index (χ4n) is 2.61. The van der Waals surface area contributed by atoms with Crippen LogP contribution in [0.4, 0.5) is 5.95 Å². The second-order valence-corrected chi connectivity index (χ2v) is 5.26. The topological polar surface area (TPSA) is 73.1 Å². The van der Waals surface area contributed by atoms with E-state index in [-0.39, 0.29) is 11.6 Å². The van der Waals surface area contributed by atoms with E-state index in [0.29, 0.717) is 30.5 Å². The molecule has 22 heavy (non-hydrogen) atoms. The van der Waals surface area contributed by atoms with Crippen LogP contribution in [0.2, 0.25) is 0 Å². The average Bonchev–Trinajstić information content (AvgIpc) is 2.58. The van der Waals surface area contributed by atoms with Crippen molar-refractivity contribution in [2.75, 3.05) is 24.7 Å².